The van der Waals surface area contributed by atoms with Gasteiger partial charge >= 0.3 is 12.0 Å². The van der Waals surface area contributed by atoms with Gasteiger partial charge in [0, 0.05) is 11.3 Å². The molecule has 0 radical (unpaired) electrons. The molecule has 0 aliphatic carbocycles. The highest BCUT2D eigenvalue weighted by Crippen LogP contribution is 2.36. The van der Waals surface area contributed by atoms with Crippen LogP contribution in [0.4, 0.5) is 9.18 Å². The number of hydrogen-bond acceptors (Lipinski definition) is 5. The molecule has 1 aliphatic heterocycles. The van der Waals surface area contributed by atoms with Crippen LogP contribution in [0, 0.1) is 5.82 Å². The molecule has 2 amide bonds. The van der Waals surface area contributed by atoms with Crippen molar-refractivity contribution in [3.8, 4) is 11.5 Å². The standard InChI is InChI=1S/C26H31FN2O5/c1-5-9-20-23(25(30)34-16(3)4)24(29-26(31)28-20)17-12-13-21(22(14-17)32-6-2)33-15-18-10-7-8-11-19(18)27/h7-8,10-14,16,24H,5-6,9,15H2,1-4H3,(H2,28,29,31). The first kappa shape index (κ1) is 25.1. The summed E-state index contributed by atoms with van der Waals surface area (Å²) in [6.07, 6.45) is 0.955. The first-order valence-corrected chi connectivity index (χ1v) is 11.5. The van der Waals surface area contributed by atoms with Gasteiger partial charge in [0.05, 0.1) is 24.3 Å². The Labute approximate surface area is 199 Å². The molecule has 34 heavy (non-hydrogen) atoms. The fourth-order valence-electron chi connectivity index (χ4n) is 3.70. The van der Waals surface area contributed by atoms with Crippen molar-refractivity contribution in [2.24, 2.45) is 0 Å². The molecule has 2 N–H and O–H groups in total. The average Bonchev–Trinajstić information content (AvgIpc) is 2.78. The summed E-state index contributed by atoms with van der Waals surface area (Å²) in [6, 6.07) is 10.4. The summed E-state index contributed by atoms with van der Waals surface area (Å²) < 4.78 is 31.1. The zero-order valence-electron chi connectivity index (χ0n) is 19.9. The second-order valence-electron chi connectivity index (χ2n) is 8.15. The van der Waals surface area contributed by atoms with Crippen molar-refractivity contribution in [1.29, 1.82) is 0 Å². The predicted octanol–water partition coefficient (Wildman–Crippen LogP) is 5.16. The minimum Gasteiger partial charge on any atom is -0.490 e. The van der Waals surface area contributed by atoms with Crippen LogP contribution in [0.15, 0.2) is 53.7 Å². The largest absolute Gasteiger partial charge is 0.490 e. The molecule has 1 unspecified atom stereocenters. The number of hydrogen-bond donors (Lipinski definition) is 2. The first-order chi connectivity index (χ1) is 16.3. The van der Waals surface area contributed by atoms with Crippen LogP contribution in [0.5, 0.6) is 11.5 Å². The van der Waals surface area contributed by atoms with Gasteiger partial charge in [-0.1, -0.05) is 37.6 Å². The third-order valence-electron chi connectivity index (χ3n) is 5.16. The smallest absolute Gasteiger partial charge is 0.338 e. The van der Waals surface area contributed by atoms with Crippen LogP contribution in [0.1, 0.15) is 57.7 Å². The van der Waals surface area contributed by atoms with Crippen molar-refractivity contribution in [3.05, 3.63) is 70.7 Å². The lowest BCUT2D eigenvalue weighted by Crippen LogP contribution is -2.46. The van der Waals surface area contributed by atoms with Crippen LogP contribution in [-0.4, -0.2) is 24.7 Å². The molecule has 182 valence electrons. The van der Waals surface area contributed by atoms with Gasteiger partial charge < -0.3 is 24.8 Å². The minimum absolute atomic E-state index is 0.0305. The van der Waals surface area contributed by atoms with Gasteiger partial charge in [-0.05, 0) is 51.0 Å². The summed E-state index contributed by atoms with van der Waals surface area (Å²) in [5.41, 5.74) is 1.96. The Morgan fingerprint density at radius 1 is 1.09 bits per heavy atom. The van der Waals surface area contributed by atoms with E-state index in [2.05, 4.69) is 10.6 Å². The van der Waals surface area contributed by atoms with Crippen LogP contribution in [-0.2, 0) is 16.1 Å². The van der Waals surface area contributed by atoms with Crippen LogP contribution < -0.4 is 20.1 Å². The zero-order valence-corrected chi connectivity index (χ0v) is 19.9. The summed E-state index contributed by atoms with van der Waals surface area (Å²) in [4.78, 5) is 25.4. The molecular formula is C26H31FN2O5. The lowest BCUT2D eigenvalue weighted by molar-refractivity contribution is -0.143. The number of benzene rings is 2. The predicted molar refractivity (Wildman–Crippen MR) is 126 cm³/mol. The fourth-order valence-corrected chi connectivity index (χ4v) is 3.70. The molecular weight excluding hydrogens is 439 g/mol. The molecule has 1 aliphatic rings. The van der Waals surface area contributed by atoms with Gasteiger partial charge in [0.15, 0.2) is 11.5 Å². The van der Waals surface area contributed by atoms with Crippen LogP contribution >= 0.6 is 0 Å². The van der Waals surface area contributed by atoms with Gasteiger partial charge in [0.25, 0.3) is 0 Å². The molecule has 0 bridgehead atoms. The van der Waals surface area contributed by atoms with Gasteiger partial charge in [0.2, 0.25) is 0 Å². The monoisotopic (exact) mass is 470 g/mol. The van der Waals surface area contributed by atoms with Crippen molar-refractivity contribution in [2.75, 3.05) is 6.61 Å². The molecule has 2 aromatic rings. The van der Waals surface area contributed by atoms with Crippen molar-refractivity contribution >= 4 is 12.0 Å². The van der Waals surface area contributed by atoms with Crippen molar-refractivity contribution in [2.45, 2.75) is 59.3 Å². The lowest BCUT2D eigenvalue weighted by atomic mass is 9.93. The Kier molecular flexibility index (Phi) is 8.51. The van der Waals surface area contributed by atoms with Crippen molar-refractivity contribution < 1.29 is 28.2 Å². The van der Waals surface area contributed by atoms with E-state index in [9.17, 15) is 14.0 Å². The molecule has 2 aromatic carbocycles. The molecule has 7 nitrogen and oxygen atoms in total. The molecule has 0 spiro atoms. The van der Waals surface area contributed by atoms with Crippen molar-refractivity contribution in [3.63, 3.8) is 0 Å². The molecule has 1 heterocycles. The van der Waals surface area contributed by atoms with E-state index in [1.165, 1.54) is 6.07 Å². The highest BCUT2D eigenvalue weighted by Gasteiger charge is 2.34. The molecule has 0 saturated heterocycles. The van der Waals surface area contributed by atoms with Crippen LogP contribution in [0.3, 0.4) is 0 Å². The van der Waals surface area contributed by atoms with E-state index in [4.69, 9.17) is 14.2 Å². The van der Waals surface area contributed by atoms with Gasteiger partial charge in [-0.25, -0.2) is 14.0 Å². The number of carbonyl (C=O) groups excluding carboxylic acids is 2. The molecule has 3 rings (SSSR count). The summed E-state index contributed by atoms with van der Waals surface area (Å²) in [5, 5.41) is 5.58. The Hall–Kier alpha value is -3.55. The maximum Gasteiger partial charge on any atom is 0.338 e. The quantitative estimate of drug-likeness (QED) is 0.468. The van der Waals surface area contributed by atoms with Crippen LogP contribution in [0.25, 0.3) is 0 Å². The van der Waals surface area contributed by atoms with E-state index in [0.717, 1.165) is 6.42 Å². The highest BCUT2D eigenvalue weighted by atomic mass is 19.1. The number of amides is 2. The number of halogens is 1. The Morgan fingerprint density at radius 2 is 1.85 bits per heavy atom. The number of allylic oxidation sites excluding steroid dienone is 1. The van der Waals surface area contributed by atoms with Gasteiger partial charge in [-0.2, -0.15) is 0 Å². The van der Waals surface area contributed by atoms with E-state index >= 15 is 0 Å². The number of urea groups is 1. The van der Waals surface area contributed by atoms with E-state index in [1.54, 1.807) is 50.2 Å². The Bertz CT molecular complexity index is 1070. The van der Waals surface area contributed by atoms with E-state index in [0.29, 0.717) is 46.9 Å². The molecule has 0 fully saturated rings. The first-order valence-electron chi connectivity index (χ1n) is 11.5. The number of rotatable bonds is 10. The summed E-state index contributed by atoms with van der Waals surface area (Å²) in [5.74, 6) is 0.0149. The third kappa shape index (κ3) is 6.07. The number of carbonyl (C=O) groups is 2. The van der Waals surface area contributed by atoms with E-state index in [-0.39, 0.29) is 18.5 Å². The zero-order chi connectivity index (χ0) is 24.7. The van der Waals surface area contributed by atoms with Gasteiger partial charge in [0.1, 0.15) is 12.4 Å². The topological polar surface area (TPSA) is 85.9 Å². The second-order valence-corrected chi connectivity index (χ2v) is 8.15. The normalized spacial score (nSPS) is 15.6. The van der Waals surface area contributed by atoms with E-state index < -0.39 is 18.0 Å². The van der Waals surface area contributed by atoms with E-state index in [1.807, 2.05) is 13.8 Å². The molecule has 1 atom stereocenters. The minimum atomic E-state index is -0.721. The van der Waals surface area contributed by atoms with Crippen LogP contribution in [0.2, 0.25) is 0 Å². The van der Waals surface area contributed by atoms with Gasteiger partial charge in [-0.15, -0.1) is 0 Å². The maximum absolute atomic E-state index is 14.0. The fraction of sp³-hybridized carbons (Fsp3) is 0.385. The number of ether oxygens (including phenoxy) is 3. The number of esters is 1. The summed E-state index contributed by atoms with van der Waals surface area (Å²) >= 11 is 0. The van der Waals surface area contributed by atoms with Gasteiger partial charge in [-0.3, -0.25) is 0 Å². The lowest BCUT2D eigenvalue weighted by Gasteiger charge is -2.30. The summed E-state index contributed by atoms with van der Waals surface area (Å²) in [7, 11) is 0. The summed E-state index contributed by atoms with van der Waals surface area (Å²) in [6.45, 7) is 7.76. The molecule has 8 heteroatoms. The number of nitrogens with one attached hydrogen (secondary N) is 2. The van der Waals surface area contributed by atoms with Crippen molar-refractivity contribution in [1.82, 2.24) is 10.6 Å². The third-order valence-corrected chi connectivity index (χ3v) is 5.16. The second kappa shape index (κ2) is 11.5. The molecule has 0 aromatic heterocycles. The highest BCUT2D eigenvalue weighted by molar-refractivity contribution is 5.95. The average molecular weight is 471 g/mol. The SMILES string of the molecule is CCCC1=C(C(=O)OC(C)C)C(c2ccc(OCc3ccccc3F)c(OCC)c2)NC(=O)N1. The molecule has 0 saturated carbocycles. The Balaban J connectivity index is 1.96. The Morgan fingerprint density at radius 3 is 2.53 bits per heavy atom. The maximum atomic E-state index is 14.0.